The molecule has 0 saturated carbocycles. The molecule has 0 bridgehead atoms. The number of fused-ring (bicyclic) bond motifs is 1. The lowest BCUT2D eigenvalue weighted by molar-refractivity contribution is -0.116. The van der Waals surface area contributed by atoms with Gasteiger partial charge in [-0.15, -0.1) is 0 Å². The lowest BCUT2D eigenvalue weighted by atomic mass is 10.0. The monoisotopic (exact) mass is 471 g/mol. The van der Waals surface area contributed by atoms with Gasteiger partial charge in [-0.3, -0.25) is 19.4 Å². The highest BCUT2D eigenvalue weighted by molar-refractivity contribution is 6.10. The van der Waals surface area contributed by atoms with Gasteiger partial charge in [0.1, 0.15) is 6.54 Å². The van der Waals surface area contributed by atoms with Gasteiger partial charge in [0.2, 0.25) is 11.3 Å². The highest BCUT2D eigenvalue weighted by Crippen LogP contribution is 2.31. The number of pyridine rings is 2. The zero-order chi connectivity index (χ0) is 25.1. The van der Waals surface area contributed by atoms with Crippen molar-refractivity contribution in [1.82, 2.24) is 9.55 Å². The standard InChI is InChI=1S/C27H25N3O5/c1-16-5-6-19(11-17(16)2)29-25(31)15-30-14-21(26(32)18-7-9-28-10-8-18)27(33)20-12-23(34-3)24(35-4)13-22(20)30/h5-14H,15H2,1-4H3,(H,29,31). The highest BCUT2D eigenvalue weighted by Gasteiger charge is 2.20. The summed E-state index contributed by atoms with van der Waals surface area (Å²) >= 11 is 0. The summed E-state index contributed by atoms with van der Waals surface area (Å²) in [6.07, 6.45) is 4.38. The summed E-state index contributed by atoms with van der Waals surface area (Å²) in [5.74, 6) is -0.0274. The summed E-state index contributed by atoms with van der Waals surface area (Å²) in [7, 11) is 2.95. The molecule has 4 aromatic rings. The Morgan fingerprint density at radius 1 is 0.943 bits per heavy atom. The van der Waals surface area contributed by atoms with Gasteiger partial charge in [0.25, 0.3) is 0 Å². The number of nitrogens with one attached hydrogen (secondary N) is 1. The molecule has 0 fully saturated rings. The average molecular weight is 472 g/mol. The van der Waals surface area contributed by atoms with Crippen LogP contribution in [0.1, 0.15) is 27.0 Å². The van der Waals surface area contributed by atoms with Gasteiger partial charge in [-0.05, 0) is 55.3 Å². The maximum atomic E-state index is 13.4. The predicted molar refractivity (Wildman–Crippen MR) is 134 cm³/mol. The van der Waals surface area contributed by atoms with Crippen LogP contribution >= 0.6 is 0 Å². The van der Waals surface area contributed by atoms with E-state index in [0.717, 1.165) is 11.1 Å². The quantitative estimate of drug-likeness (QED) is 0.411. The van der Waals surface area contributed by atoms with Crippen molar-refractivity contribution in [3.63, 3.8) is 0 Å². The third-order valence-corrected chi connectivity index (χ3v) is 5.88. The Hall–Kier alpha value is -4.46. The number of aryl methyl sites for hydroxylation is 2. The molecule has 1 amide bonds. The van der Waals surface area contributed by atoms with Gasteiger partial charge in [-0.2, -0.15) is 0 Å². The molecule has 0 saturated heterocycles. The smallest absolute Gasteiger partial charge is 0.244 e. The fourth-order valence-corrected chi connectivity index (χ4v) is 3.84. The molecule has 0 aliphatic rings. The van der Waals surface area contributed by atoms with Crippen LogP contribution in [-0.2, 0) is 11.3 Å². The predicted octanol–water partition coefficient (Wildman–Crippen LogP) is 3.90. The summed E-state index contributed by atoms with van der Waals surface area (Å²) in [5.41, 5.74) is 3.07. The Balaban J connectivity index is 1.82. The number of nitrogens with zero attached hydrogens (tertiary/aromatic N) is 2. The van der Waals surface area contributed by atoms with Crippen molar-refractivity contribution in [2.45, 2.75) is 20.4 Å². The van der Waals surface area contributed by atoms with Crippen molar-refractivity contribution in [1.29, 1.82) is 0 Å². The maximum absolute atomic E-state index is 13.4. The number of carbonyl (C=O) groups is 2. The van der Waals surface area contributed by atoms with E-state index in [0.29, 0.717) is 28.3 Å². The number of ether oxygens (including phenoxy) is 2. The maximum Gasteiger partial charge on any atom is 0.244 e. The molecule has 0 aliphatic carbocycles. The Morgan fingerprint density at radius 2 is 1.63 bits per heavy atom. The second-order valence-electron chi connectivity index (χ2n) is 8.14. The van der Waals surface area contributed by atoms with Crippen molar-refractivity contribution in [2.24, 2.45) is 0 Å². The minimum atomic E-state index is -0.464. The third kappa shape index (κ3) is 4.77. The first-order valence-corrected chi connectivity index (χ1v) is 10.9. The molecule has 2 aromatic carbocycles. The van der Waals surface area contributed by atoms with E-state index >= 15 is 0 Å². The number of carbonyl (C=O) groups excluding carboxylic acids is 2. The molecule has 0 atom stereocenters. The molecule has 8 nitrogen and oxygen atoms in total. The van der Waals surface area contributed by atoms with Crippen LogP contribution in [0, 0.1) is 13.8 Å². The molecule has 0 spiro atoms. The molecule has 0 radical (unpaired) electrons. The zero-order valence-corrected chi connectivity index (χ0v) is 19.9. The van der Waals surface area contributed by atoms with Crippen LogP contribution < -0.4 is 20.2 Å². The van der Waals surface area contributed by atoms with Crippen molar-refractivity contribution in [2.75, 3.05) is 19.5 Å². The van der Waals surface area contributed by atoms with Gasteiger partial charge in [0.15, 0.2) is 17.3 Å². The zero-order valence-electron chi connectivity index (χ0n) is 19.9. The Kier molecular flexibility index (Phi) is 6.64. The third-order valence-electron chi connectivity index (χ3n) is 5.88. The number of aromatic nitrogens is 2. The molecule has 1 N–H and O–H groups in total. The van der Waals surface area contributed by atoms with E-state index in [1.54, 1.807) is 10.6 Å². The van der Waals surface area contributed by atoms with Gasteiger partial charge in [0, 0.05) is 35.9 Å². The van der Waals surface area contributed by atoms with Crippen LogP contribution in [0.2, 0.25) is 0 Å². The van der Waals surface area contributed by atoms with E-state index in [1.807, 2.05) is 32.0 Å². The van der Waals surface area contributed by atoms with E-state index < -0.39 is 11.2 Å². The molecule has 0 unspecified atom stereocenters. The summed E-state index contributed by atoms with van der Waals surface area (Å²) < 4.78 is 12.3. The summed E-state index contributed by atoms with van der Waals surface area (Å²) in [6, 6.07) is 11.9. The van der Waals surface area contributed by atoms with E-state index in [9.17, 15) is 14.4 Å². The average Bonchev–Trinajstić information content (AvgIpc) is 2.87. The largest absolute Gasteiger partial charge is 0.493 e. The summed E-state index contributed by atoms with van der Waals surface area (Å²) in [6.45, 7) is 3.84. The first kappa shape index (κ1) is 23.7. The molecule has 35 heavy (non-hydrogen) atoms. The minimum absolute atomic E-state index is 0.0603. The van der Waals surface area contributed by atoms with Crippen molar-refractivity contribution < 1.29 is 19.1 Å². The number of methoxy groups -OCH3 is 2. The molecular formula is C27H25N3O5. The van der Waals surface area contributed by atoms with Crippen LogP contribution in [-0.4, -0.2) is 35.5 Å². The number of anilines is 1. The topological polar surface area (TPSA) is 99.5 Å². The molecular weight excluding hydrogens is 446 g/mol. The molecule has 8 heteroatoms. The second kappa shape index (κ2) is 9.80. The van der Waals surface area contributed by atoms with Crippen LogP contribution in [0.5, 0.6) is 11.5 Å². The summed E-state index contributed by atoms with van der Waals surface area (Å²) in [4.78, 5) is 43.5. The van der Waals surface area contributed by atoms with Crippen molar-refractivity contribution in [3.8, 4) is 11.5 Å². The summed E-state index contributed by atoms with van der Waals surface area (Å²) in [5, 5.41) is 3.12. The van der Waals surface area contributed by atoms with Gasteiger partial charge in [-0.1, -0.05) is 6.07 Å². The Bertz CT molecular complexity index is 1490. The SMILES string of the molecule is COc1cc2c(=O)c(C(=O)c3ccncc3)cn(CC(=O)Nc3ccc(C)c(C)c3)c2cc1OC. The van der Waals surface area contributed by atoms with Gasteiger partial charge < -0.3 is 19.4 Å². The number of hydrogen-bond donors (Lipinski definition) is 1. The lowest BCUT2D eigenvalue weighted by Crippen LogP contribution is -2.24. The molecule has 0 aliphatic heterocycles. The minimum Gasteiger partial charge on any atom is -0.493 e. The van der Waals surface area contributed by atoms with Crippen molar-refractivity contribution in [3.05, 3.63) is 93.5 Å². The van der Waals surface area contributed by atoms with E-state index in [-0.39, 0.29) is 23.4 Å². The van der Waals surface area contributed by atoms with Gasteiger partial charge >= 0.3 is 0 Å². The van der Waals surface area contributed by atoms with E-state index in [4.69, 9.17) is 9.47 Å². The molecule has 2 heterocycles. The number of benzene rings is 2. The number of amides is 1. The number of hydrogen-bond acceptors (Lipinski definition) is 6. The number of rotatable bonds is 7. The fraction of sp³-hybridized carbons (Fsp3) is 0.185. The second-order valence-corrected chi connectivity index (χ2v) is 8.14. The van der Waals surface area contributed by atoms with E-state index in [1.165, 1.54) is 51.0 Å². The van der Waals surface area contributed by atoms with Crippen molar-refractivity contribution >= 4 is 28.3 Å². The first-order valence-electron chi connectivity index (χ1n) is 10.9. The van der Waals surface area contributed by atoms with Gasteiger partial charge in [0.05, 0.1) is 30.7 Å². The molecule has 2 aromatic heterocycles. The number of ketones is 1. The van der Waals surface area contributed by atoms with E-state index in [2.05, 4.69) is 10.3 Å². The molecule has 4 rings (SSSR count). The Labute approximate surface area is 202 Å². The first-order chi connectivity index (χ1) is 16.8. The van der Waals surface area contributed by atoms with Crippen LogP contribution in [0.25, 0.3) is 10.9 Å². The van der Waals surface area contributed by atoms with Gasteiger partial charge in [-0.25, -0.2) is 0 Å². The van der Waals surface area contributed by atoms with Crippen LogP contribution in [0.15, 0.2) is 65.8 Å². The van der Waals surface area contributed by atoms with Crippen LogP contribution in [0.3, 0.4) is 0 Å². The Morgan fingerprint density at radius 3 is 2.29 bits per heavy atom. The fourth-order valence-electron chi connectivity index (χ4n) is 3.84. The van der Waals surface area contributed by atoms with Crippen LogP contribution in [0.4, 0.5) is 5.69 Å². The lowest BCUT2D eigenvalue weighted by Gasteiger charge is -2.16. The highest BCUT2D eigenvalue weighted by atomic mass is 16.5. The molecule has 178 valence electrons. The normalized spacial score (nSPS) is 10.7.